The summed E-state index contributed by atoms with van der Waals surface area (Å²) < 4.78 is 11.2. The maximum Gasteiger partial charge on any atom is 0.250 e. The lowest BCUT2D eigenvalue weighted by molar-refractivity contribution is -0.134. The first-order valence-electron chi connectivity index (χ1n) is 7.94. The third-order valence-corrected chi connectivity index (χ3v) is 4.56. The molecule has 140 valence electrons. The van der Waals surface area contributed by atoms with E-state index in [0.29, 0.717) is 41.2 Å². The molecule has 2 aromatic carbocycles. The summed E-state index contributed by atoms with van der Waals surface area (Å²) in [5.41, 5.74) is 0.960. The first-order valence-corrected chi connectivity index (χ1v) is 8.70. The van der Waals surface area contributed by atoms with E-state index >= 15 is 0 Å². The monoisotopic (exact) mass is 416 g/mol. The van der Waals surface area contributed by atoms with Gasteiger partial charge in [-0.25, -0.2) is 0 Å². The van der Waals surface area contributed by atoms with E-state index in [0.717, 1.165) is 12.1 Å². The van der Waals surface area contributed by atoms with Gasteiger partial charge in [0.15, 0.2) is 0 Å². The smallest absolute Gasteiger partial charge is 0.250 e. The Kier molecular flexibility index (Phi) is 8.00. The van der Waals surface area contributed by atoms with Crippen molar-refractivity contribution in [3.8, 4) is 11.5 Å². The van der Waals surface area contributed by atoms with Crippen LogP contribution in [0.1, 0.15) is 5.56 Å². The van der Waals surface area contributed by atoms with Gasteiger partial charge in [0.05, 0.1) is 11.6 Å². The summed E-state index contributed by atoms with van der Waals surface area (Å²) in [6.45, 7) is 2.30. The van der Waals surface area contributed by atoms with E-state index in [-0.39, 0.29) is 18.3 Å². The van der Waals surface area contributed by atoms with Crippen molar-refractivity contribution >= 4 is 41.5 Å². The van der Waals surface area contributed by atoms with Gasteiger partial charge in [-0.2, -0.15) is 0 Å². The predicted molar refractivity (Wildman–Crippen MR) is 105 cm³/mol. The number of hydrogen-bond acceptors (Lipinski definition) is 4. The highest BCUT2D eigenvalue weighted by atomic mass is 35.5. The Hall–Kier alpha value is -1.50. The molecule has 1 saturated heterocycles. The van der Waals surface area contributed by atoms with Crippen LogP contribution in [-0.2, 0) is 16.1 Å². The maximum atomic E-state index is 12.0. The van der Waals surface area contributed by atoms with Gasteiger partial charge in [-0.3, -0.25) is 4.79 Å². The van der Waals surface area contributed by atoms with E-state index < -0.39 is 6.10 Å². The van der Waals surface area contributed by atoms with Crippen LogP contribution in [0.25, 0.3) is 0 Å². The fraction of sp³-hybridized carbons (Fsp3) is 0.278. The summed E-state index contributed by atoms with van der Waals surface area (Å²) in [7, 11) is 0. The summed E-state index contributed by atoms with van der Waals surface area (Å²) in [5.74, 6) is 1.02. The minimum absolute atomic E-state index is 0. The van der Waals surface area contributed by atoms with Crippen LogP contribution < -0.4 is 15.4 Å². The lowest BCUT2D eigenvalue weighted by atomic mass is 10.2. The zero-order valence-corrected chi connectivity index (χ0v) is 16.2. The van der Waals surface area contributed by atoms with Crippen LogP contribution in [-0.4, -0.2) is 31.7 Å². The number of halogens is 3. The lowest BCUT2D eigenvalue weighted by Crippen LogP contribution is -2.47. The molecule has 1 unspecified atom stereocenters. The van der Waals surface area contributed by atoms with E-state index in [1.54, 1.807) is 18.2 Å². The van der Waals surface area contributed by atoms with Gasteiger partial charge in [0.1, 0.15) is 22.6 Å². The summed E-state index contributed by atoms with van der Waals surface area (Å²) in [5, 5.41) is 6.82. The molecule has 0 aliphatic carbocycles. The maximum absolute atomic E-state index is 12.0. The summed E-state index contributed by atoms with van der Waals surface area (Å²) in [6, 6.07) is 12.6. The third kappa shape index (κ3) is 5.50. The van der Waals surface area contributed by atoms with Crippen LogP contribution in [0.3, 0.4) is 0 Å². The molecule has 1 heterocycles. The normalized spacial score (nSPS) is 16.5. The number of nitrogens with one attached hydrogen (secondary N) is 2. The number of rotatable bonds is 5. The summed E-state index contributed by atoms with van der Waals surface area (Å²) in [6.07, 6.45) is -0.429. The van der Waals surface area contributed by atoms with E-state index in [2.05, 4.69) is 10.6 Å². The molecule has 0 radical (unpaired) electrons. The molecular weight excluding hydrogens is 399 g/mol. The fourth-order valence-electron chi connectivity index (χ4n) is 2.40. The van der Waals surface area contributed by atoms with Gasteiger partial charge in [-0.1, -0.05) is 41.4 Å². The predicted octanol–water partition coefficient (Wildman–Crippen LogP) is 3.81. The highest BCUT2D eigenvalue weighted by Crippen LogP contribution is 2.34. The number of hydrogen-bond donors (Lipinski definition) is 2. The van der Waals surface area contributed by atoms with Crippen molar-refractivity contribution in [2.24, 2.45) is 0 Å². The second-order valence-electron chi connectivity index (χ2n) is 5.58. The SMILES string of the molecule is Cl.O=C(NCc1ccc(Oc2cccc(Cl)c2Cl)cc1)C1CNCCO1. The summed E-state index contributed by atoms with van der Waals surface area (Å²) in [4.78, 5) is 12.0. The van der Waals surface area contributed by atoms with Gasteiger partial charge >= 0.3 is 0 Å². The third-order valence-electron chi connectivity index (χ3n) is 3.75. The van der Waals surface area contributed by atoms with Crippen molar-refractivity contribution < 1.29 is 14.3 Å². The first kappa shape index (κ1) is 20.8. The standard InChI is InChI=1S/C18H18Cl2N2O3.ClH/c19-14-2-1-3-15(17(14)20)25-13-6-4-12(5-7-13)10-22-18(23)16-11-21-8-9-24-16;/h1-7,16,21H,8-11H2,(H,22,23);1H. The molecule has 0 bridgehead atoms. The molecule has 8 heteroatoms. The minimum atomic E-state index is -0.429. The number of carbonyl (C=O) groups excluding carboxylic acids is 1. The highest BCUT2D eigenvalue weighted by Gasteiger charge is 2.21. The molecule has 1 fully saturated rings. The number of amides is 1. The van der Waals surface area contributed by atoms with E-state index in [4.69, 9.17) is 32.7 Å². The largest absolute Gasteiger partial charge is 0.456 e. The molecule has 1 amide bonds. The number of benzene rings is 2. The molecule has 1 aliphatic heterocycles. The average Bonchev–Trinajstić information content (AvgIpc) is 2.65. The van der Waals surface area contributed by atoms with Crippen molar-refractivity contribution in [2.75, 3.05) is 19.7 Å². The highest BCUT2D eigenvalue weighted by molar-refractivity contribution is 6.42. The Morgan fingerprint density at radius 2 is 2.00 bits per heavy atom. The van der Waals surface area contributed by atoms with Gasteiger partial charge in [0.25, 0.3) is 5.91 Å². The molecule has 26 heavy (non-hydrogen) atoms. The van der Waals surface area contributed by atoms with Gasteiger partial charge in [0, 0.05) is 19.6 Å². The van der Waals surface area contributed by atoms with Crippen LogP contribution in [0.2, 0.25) is 10.0 Å². The average molecular weight is 418 g/mol. The van der Waals surface area contributed by atoms with Crippen molar-refractivity contribution in [2.45, 2.75) is 12.6 Å². The topological polar surface area (TPSA) is 59.6 Å². The second kappa shape index (κ2) is 10.00. The van der Waals surface area contributed by atoms with Crippen LogP contribution in [0.15, 0.2) is 42.5 Å². The Morgan fingerprint density at radius 1 is 1.23 bits per heavy atom. The quantitative estimate of drug-likeness (QED) is 0.776. The number of carbonyl (C=O) groups is 1. The van der Waals surface area contributed by atoms with Crippen molar-refractivity contribution in [1.29, 1.82) is 0 Å². The lowest BCUT2D eigenvalue weighted by Gasteiger charge is -2.22. The van der Waals surface area contributed by atoms with E-state index in [9.17, 15) is 4.79 Å². The van der Waals surface area contributed by atoms with Crippen LogP contribution in [0.4, 0.5) is 0 Å². The van der Waals surface area contributed by atoms with E-state index in [1.807, 2.05) is 24.3 Å². The zero-order chi connectivity index (χ0) is 17.6. The molecule has 1 atom stereocenters. The van der Waals surface area contributed by atoms with Gasteiger partial charge in [-0.15, -0.1) is 12.4 Å². The van der Waals surface area contributed by atoms with Gasteiger partial charge < -0.3 is 20.1 Å². The molecule has 0 aromatic heterocycles. The Labute approximate surface area is 168 Å². The molecular formula is C18H19Cl3N2O3. The second-order valence-corrected chi connectivity index (χ2v) is 6.36. The molecule has 5 nitrogen and oxygen atoms in total. The van der Waals surface area contributed by atoms with Gasteiger partial charge in [-0.05, 0) is 29.8 Å². The summed E-state index contributed by atoms with van der Waals surface area (Å²) >= 11 is 12.1. The molecule has 3 rings (SSSR count). The zero-order valence-electron chi connectivity index (χ0n) is 13.8. The van der Waals surface area contributed by atoms with Gasteiger partial charge in [0.2, 0.25) is 0 Å². The van der Waals surface area contributed by atoms with Crippen molar-refractivity contribution in [3.63, 3.8) is 0 Å². The number of morpholine rings is 1. The Balaban J connectivity index is 0.00000243. The van der Waals surface area contributed by atoms with Crippen molar-refractivity contribution in [3.05, 3.63) is 58.1 Å². The Morgan fingerprint density at radius 3 is 2.69 bits per heavy atom. The van der Waals surface area contributed by atoms with Crippen LogP contribution in [0.5, 0.6) is 11.5 Å². The fourth-order valence-corrected chi connectivity index (χ4v) is 2.73. The van der Waals surface area contributed by atoms with E-state index in [1.165, 1.54) is 0 Å². The molecule has 2 N–H and O–H groups in total. The van der Waals surface area contributed by atoms with Crippen molar-refractivity contribution in [1.82, 2.24) is 10.6 Å². The van der Waals surface area contributed by atoms with Crippen LogP contribution in [0, 0.1) is 0 Å². The molecule has 0 spiro atoms. The molecule has 2 aromatic rings. The molecule has 0 saturated carbocycles. The Bertz CT molecular complexity index is 735. The minimum Gasteiger partial charge on any atom is -0.456 e. The number of ether oxygens (including phenoxy) is 2. The molecule has 1 aliphatic rings. The first-order chi connectivity index (χ1) is 12.1. The van der Waals surface area contributed by atoms with Crippen LogP contribution >= 0.6 is 35.6 Å².